The van der Waals surface area contributed by atoms with Crippen LogP contribution >= 0.6 is 0 Å². The smallest absolute Gasteiger partial charge is 0.337 e. The molecule has 0 aliphatic carbocycles. The Morgan fingerprint density at radius 3 is 2.06 bits per heavy atom. The van der Waals surface area contributed by atoms with Crippen molar-refractivity contribution >= 4 is 23.5 Å². The van der Waals surface area contributed by atoms with Gasteiger partial charge in [0.2, 0.25) is 0 Å². The number of hydrogen-bond acceptors (Lipinski definition) is 4. The third kappa shape index (κ3) is 4.37. The van der Waals surface area contributed by atoms with Gasteiger partial charge in [-0.15, -0.1) is 0 Å². The minimum atomic E-state index is -1.35. The Balaban J connectivity index is 1.76. The molecular formula is C24H15F2N3O5. The van der Waals surface area contributed by atoms with Crippen molar-refractivity contribution < 1.29 is 33.4 Å². The number of nitrogens with zero attached hydrogens (tertiary/aromatic N) is 1. The number of aromatic amines is 1. The monoisotopic (exact) mass is 463 g/mol. The number of halogens is 2. The van der Waals surface area contributed by atoms with E-state index in [0.717, 1.165) is 12.1 Å². The second kappa shape index (κ2) is 8.94. The van der Waals surface area contributed by atoms with Crippen molar-refractivity contribution in [3.8, 4) is 22.4 Å². The molecule has 4 N–H and O–H groups in total. The molecule has 1 amide bonds. The molecule has 10 heteroatoms. The summed E-state index contributed by atoms with van der Waals surface area (Å²) in [7, 11) is 0. The average Bonchev–Trinajstić information content (AvgIpc) is 3.35. The fourth-order valence-corrected chi connectivity index (χ4v) is 3.38. The number of benzene rings is 3. The minimum Gasteiger partial charge on any atom is -0.478 e. The van der Waals surface area contributed by atoms with E-state index >= 15 is 0 Å². The summed E-state index contributed by atoms with van der Waals surface area (Å²) in [5.74, 6) is -5.71. The molecule has 0 fully saturated rings. The molecule has 3 aromatic carbocycles. The lowest BCUT2D eigenvalue weighted by molar-refractivity contribution is 0.0684. The summed E-state index contributed by atoms with van der Waals surface area (Å²) in [6.07, 6.45) is 2.91. The lowest BCUT2D eigenvalue weighted by atomic mass is 10.00. The van der Waals surface area contributed by atoms with Crippen LogP contribution in [0.15, 0.2) is 67.1 Å². The Bertz CT molecular complexity index is 1430. The highest BCUT2D eigenvalue weighted by Crippen LogP contribution is 2.28. The van der Waals surface area contributed by atoms with Crippen LogP contribution in [0.5, 0.6) is 0 Å². The highest BCUT2D eigenvalue weighted by Gasteiger charge is 2.21. The number of aromatic carboxylic acids is 2. The quantitative estimate of drug-likeness (QED) is 0.329. The molecule has 1 heterocycles. The summed E-state index contributed by atoms with van der Waals surface area (Å²) in [6, 6.07) is 11.1. The number of carbonyl (C=O) groups excluding carboxylic acids is 1. The molecule has 0 unspecified atom stereocenters. The molecule has 170 valence electrons. The first-order chi connectivity index (χ1) is 16.2. The zero-order chi connectivity index (χ0) is 24.4. The minimum absolute atomic E-state index is 0.150. The number of imidazole rings is 1. The van der Waals surface area contributed by atoms with Crippen molar-refractivity contribution in [2.24, 2.45) is 0 Å². The molecule has 4 aromatic rings. The van der Waals surface area contributed by atoms with Crippen LogP contribution in [-0.4, -0.2) is 38.0 Å². The largest absolute Gasteiger partial charge is 0.478 e. The van der Waals surface area contributed by atoms with Crippen molar-refractivity contribution in [3.05, 3.63) is 95.4 Å². The number of aromatic nitrogens is 2. The van der Waals surface area contributed by atoms with Crippen LogP contribution in [0.4, 0.5) is 14.5 Å². The van der Waals surface area contributed by atoms with Crippen molar-refractivity contribution in [3.63, 3.8) is 0 Å². The van der Waals surface area contributed by atoms with E-state index in [9.17, 15) is 33.4 Å². The standard InChI is InChI=1S/C24H15F2N3O5/c25-18-6-3-12(8-19(18)26)13-1-5-16(24(33)34)20(9-13)29-22(30)17-7-14(21-10-27-11-28-21)2-4-15(17)23(31)32/h1-11H,(H,27,28)(H,29,30)(H,31,32)(H,33,34). The van der Waals surface area contributed by atoms with Crippen LogP contribution in [-0.2, 0) is 0 Å². The van der Waals surface area contributed by atoms with Crippen LogP contribution in [0.25, 0.3) is 22.4 Å². The van der Waals surface area contributed by atoms with Crippen molar-refractivity contribution in [2.75, 3.05) is 5.32 Å². The fourth-order valence-electron chi connectivity index (χ4n) is 3.38. The Labute approximate surface area is 190 Å². The van der Waals surface area contributed by atoms with E-state index < -0.39 is 29.5 Å². The van der Waals surface area contributed by atoms with Gasteiger partial charge in [-0.1, -0.05) is 18.2 Å². The van der Waals surface area contributed by atoms with E-state index in [1.165, 1.54) is 55.0 Å². The third-order valence-electron chi connectivity index (χ3n) is 5.05. The fraction of sp³-hybridized carbons (Fsp3) is 0. The Hall–Kier alpha value is -4.86. The van der Waals surface area contributed by atoms with Gasteiger partial charge in [-0.2, -0.15) is 0 Å². The zero-order valence-electron chi connectivity index (χ0n) is 17.2. The highest BCUT2D eigenvalue weighted by atomic mass is 19.2. The maximum atomic E-state index is 13.7. The van der Waals surface area contributed by atoms with Crippen LogP contribution in [0.2, 0.25) is 0 Å². The van der Waals surface area contributed by atoms with Crippen molar-refractivity contribution in [1.82, 2.24) is 9.97 Å². The first-order valence-corrected chi connectivity index (χ1v) is 9.75. The second-order valence-corrected chi connectivity index (χ2v) is 7.18. The van der Waals surface area contributed by atoms with Crippen molar-refractivity contribution in [1.29, 1.82) is 0 Å². The molecule has 0 aliphatic heterocycles. The van der Waals surface area contributed by atoms with E-state index in [1.807, 2.05) is 0 Å². The predicted octanol–water partition coefficient (Wildman–Crippen LogP) is 4.67. The van der Waals surface area contributed by atoms with Crippen LogP contribution in [0.3, 0.4) is 0 Å². The number of carbonyl (C=O) groups is 3. The molecule has 0 saturated carbocycles. The van der Waals surface area contributed by atoms with E-state index in [0.29, 0.717) is 16.8 Å². The zero-order valence-corrected chi connectivity index (χ0v) is 17.2. The lowest BCUT2D eigenvalue weighted by Crippen LogP contribution is -2.18. The summed E-state index contributed by atoms with van der Waals surface area (Å²) in [5.41, 5.74) is 0.648. The molecule has 34 heavy (non-hydrogen) atoms. The summed E-state index contributed by atoms with van der Waals surface area (Å²) in [6.45, 7) is 0. The van der Waals surface area contributed by atoms with Gasteiger partial charge in [-0.25, -0.2) is 23.4 Å². The molecule has 0 radical (unpaired) electrons. The maximum absolute atomic E-state index is 13.7. The Morgan fingerprint density at radius 1 is 0.765 bits per heavy atom. The molecule has 0 spiro atoms. The third-order valence-corrected chi connectivity index (χ3v) is 5.05. The Morgan fingerprint density at radius 2 is 1.41 bits per heavy atom. The number of hydrogen-bond donors (Lipinski definition) is 4. The van der Waals surface area contributed by atoms with Gasteiger partial charge in [-0.05, 0) is 47.5 Å². The number of rotatable bonds is 6. The van der Waals surface area contributed by atoms with E-state index in [-0.39, 0.29) is 27.9 Å². The van der Waals surface area contributed by atoms with E-state index in [2.05, 4.69) is 15.3 Å². The summed E-state index contributed by atoms with van der Waals surface area (Å²) >= 11 is 0. The SMILES string of the molecule is O=C(O)c1ccc(-c2ccc(F)c(F)c2)cc1NC(=O)c1cc(-c2cnc[nH]2)ccc1C(=O)O. The lowest BCUT2D eigenvalue weighted by Gasteiger charge is -2.13. The second-order valence-electron chi connectivity index (χ2n) is 7.18. The van der Waals surface area contributed by atoms with Crippen LogP contribution in [0.1, 0.15) is 31.1 Å². The topological polar surface area (TPSA) is 132 Å². The van der Waals surface area contributed by atoms with E-state index in [1.54, 1.807) is 0 Å². The molecule has 0 bridgehead atoms. The summed E-state index contributed by atoms with van der Waals surface area (Å²) in [5, 5.41) is 21.5. The van der Waals surface area contributed by atoms with Crippen molar-refractivity contribution in [2.45, 2.75) is 0 Å². The van der Waals surface area contributed by atoms with Gasteiger partial charge in [0.1, 0.15) is 0 Å². The van der Waals surface area contributed by atoms with Crippen LogP contribution in [0, 0.1) is 11.6 Å². The molecule has 8 nitrogen and oxygen atoms in total. The van der Waals surface area contributed by atoms with Gasteiger partial charge in [0.05, 0.1) is 40.6 Å². The molecule has 1 aromatic heterocycles. The molecule has 0 saturated heterocycles. The summed E-state index contributed by atoms with van der Waals surface area (Å²) < 4.78 is 27.0. The Kier molecular flexibility index (Phi) is 5.88. The molecular weight excluding hydrogens is 448 g/mol. The molecule has 0 atom stereocenters. The molecule has 4 rings (SSSR count). The highest BCUT2D eigenvalue weighted by molar-refractivity contribution is 6.13. The number of nitrogens with one attached hydrogen (secondary N) is 2. The van der Waals surface area contributed by atoms with Gasteiger partial charge < -0.3 is 20.5 Å². The normalized spacial score (nSPS) is 10.6. The first-order valence-electron chi connectivity index (χ1n) is 9.75. The number of H-pyrrole nitrogens is 1. The first kappa shape index (κ1) is 22.3. The number of carboxylic acid groups (broad SMARTS) is 2. The van der Waals surface area contributed by atoms with Gasteiger partial charge in [0, 0.05) is 5.56 Å². The predicted molar refractivity (Wildman–Crippen MR) is 118 cm³/mol. The van der Waals surface area contributed by atoms with Gasteiger partial charge >= 0.3 is 11.9 Å². The van der Waals surface area contributed by atoms with E-state index in [4.69, 9.17) is 0 Å². The number of anilines is 1. The van der Waals surface area contributed by atoms with Crippen LogP contribution < -0.4 is 5.32 Å². The van der Waals surface area contributed by atoms with Gasteiger partial charge in [-0.3, -0.25) is 4.79 Å². The summed E-state index contributed by atoms with van der Waals surface area (Å²) in [4.78, 5) is 43.2. The van der Waals surface area contributed by atoms with Gasteiger partial charge in [0.25, 0.3) is 5.91 Å². The number of amides is 1. The molecule has 0 aliphatic rings. The number of carboxylic acids is 2. The average molecular weight is 463 g/mol. The van der Waals surface area contributed by atoms with Gasteiger partial charge in [0.15, 0.2) is 11.6 Å². The maximum Gasteiger partial charge on any atom is 0.337 e.